The fourth-order valence-electron chi connectivity index (χ4n) is 1.78. The van der Waals surface area contributed by atoms with Crippen LogP contribution in [0.15, 0.2) is 54.9 Å². The van der Waals surface area contributed by atoms with E-state index in [1.165, 1.54) is 0 Å². The third-order valence-electron chi connectivity index (χ3n) is 2.60. The van der Waals surface area contributed by atoms with Crippen LogP contribution >= 0.6 is 11.6 Å². The minimum Gasteiger partial charge on any atom is -0.262 e. The Kier molecular flexibility index (Phi) is 2.50. The van der Waals surface area contributed by atoms with E-state index in [2.05, 4.69) is 16.0 Å². The highest BCUT2D eigenvalue weighted by atomic mass is 35.5. The second-order valence-corrected chi connectivity index (χ2v) is 4.22. The second kappa shape index (κ2) is 4.15. The van der Waals surface area contributed by atoms with Gasteiger partial charge in [0.05, 0.1) is 16.2 Å². The van der Waals surface area contributed by atoms with Crippen molar-refractivity contribution >= 4 is 22.5 Å². The third-order valence-corrected chi connectivity index (χ3v) is 2.81. The Bertz CT molecular complexity index is 680. The number of pyridine rings is 2. The van der Waals surface area contributed by atoms with Gasteiger partial charge in [0.1, 0.15) is 0 Å². The van der Waals surface area contributed by atoms with E-state index in [1.807, 2.05) is 36.4 Å². The number of fused-ring (bicyclic) bond motifs is 1. The molecule has 3 rings (SSSR count). The summed E-state index contributed by atoms with van der Waals surface area (Å²) in [5, 5.41) is 1.75. The van der Waals surface area contributed by atoms with E-state index < -0.39 is 0 Å². The van der Waals surface area contributed by atoms with Crippen LogP contribution in [0.2, 0.25) is 5.02 Å². The number of benzene rings is 1. The molecular formula is C14H9ClN2. The molecule has 0 aliphatic carbocycles. The smallest absolute Gasteiger partial charge is 0.0725 e. The number of halogens is 1. The second-order valence-electron chi connectivity index (χ2n) is 3.78. The fraction of sp³-hybridized carbons (Fsp3) is 0. The van der Waals surface area contributed by atoms with E-state index in [1.54, 1.807) is 12.4 Å². The Morgan fingerprint density at radius 1 is 0.941 bits per heavy atom. The van der Waals surface area contributed by atoms with Gasteiger partial charge in [-0.25, -0.2) is 4.98 Å². The van der Waals surface area contributed by atoms with E-state index in [9.17, 15) is 0 Å². The van der Waals surface area contributed by atoms with Crippen molar-refractivity contribution in [2.24, 2.45) is 0 Å². The van der Waals surface area contributed by atoms with E-state index in [4.69, 9.17) is 11.6 Å². The Labute approximate surface area is 104 Å². The van der Waals surface area contributed by atoms with Gasteiger partial charge in [0.15, 0.2) is 0 Å². The van der Waals surface area contributed by atoms with Gasteiger partial charge in [0, 0.05) is 23.3 Å². The van der Waals surface area contributed by atoms with Crippen molar-refractivity contribution in [2.45, 2.75) is 0 Å². The van der Waals surface area contributed by atoms with Crippen LogP contribution in [-0.4, -0.2) is 9.97 Å². The first-order valence-electron chi connectivity index (χ1n) is 5.30. The van der Waals surface area contributed by atoms with Gasteiger partial charge in [-0.1, -0.05) is 35.9 Å². The van der Waals surface area contributed by atoms with E-state index in [0.717, 1.165) is 22.2 Å². The Hall–Kier alpha value is -1.93. The summed E-state index contributed by atoms with van der Waals surface area (Å²) in [6, 6.07) is 13.9. The lowest BCUT2D eigenvalue weighted by atomic mass is 10.1. The van der Waals surface area contributed by atoms with Crippen molar-refractivity contribution in [1.82, 2.24) is 9.97 Å². The van der Waals surface area contributed by atoms with Crippen molar-refractivity contribution in [3.8, 4) is 11.3 Å². The van der Waals surface area contributed by atoms with Crippen molar-refractivity contribution in [3.05, 3.63) is 59.9 Å². The Morgan fingerprint density at radius 2 is 1.82 bits per heavy atom. The predicted molar refractivity (Wildman–Crippen MR) is 70.0 cm³/mol. The lowest BCUT2D eigenvalue weighted by molar-refractivity contribution is 1.30. The molecular weight excluding hydrogens is 232 g/mol. The van der Waals surface area contributed by atoms with Crippen LogP contribution in [0, 0.1) is 0 Å². The maximum atomic E-state index is 5.92. The fourth-order valence-corrected chi connectivity index (χ4v) is 1.95. The maximum absolute atomic E-state index is 5.92. The molecule has 0 saturated heterocycles. The molecule has 2 aromatic heterocycles. The molecule has 0 fully saturated rings. The van der Waals surface area contributed by atoms with Gasteiger partial charge in [-0.15, -0.1) is 0 Å². The summed E-state index contributed by atoms with van der Waals surface area (Å²) in [7, 11) is 0. The Morgan fingerprint density at radius 3 is 2.71 bits per heavy atom. The molecule has 0 saturated carbocycles. The van der Waals surface area contributed by atoms with Crippen LogP contribution in [0.5, 0.6) is 0 Å². The molecule has 0 aliphatic rings. The van der Waals surface area contributed by atoms with E-state index in [0.29, 0.717) is 5.02 Å². The van der Waals surface area contributed by atoms with Crippen LogP contribution in [0.25, 0.3) is 22.2 Å². The average molecular weight is 241 g/mol. The summed E-state index contributed by atoms with van der Waals surface area (Å²) in [5.74, 6) is 0. The van der Waals surface area contributed by atoms with Gasteiger partial charge in [-0.3, -0.25) is 4.98 Å². The minimum atomic E-state index is 0.623. The molecule has 2 heterocycles. The molecule has 0 unspecified atom stereocenters. The van der Waals surface area contributed by atoms with Crippen molar-refractivity contribution in [3.63, 3.8) is 0 Å². The van der Waals surface area contributed by atoms with Crippen molar-refractivity contribution in [2.75, 3.05) is 0 Å². The molecule has 0 atom stereocenters. The predicted octanol–water partition coefficient (Wildman–Crippen LogP) is 3.95. The molecule has 3 heteroatoms. The number of nitrogens with zero attached hydrogens (tertiary/aromatic N) is 2. The van der Waals surface area contributed by atoms with Gasteiger partial charge >= 0.3 is 0 Å². The first-order valence-corrected chi connectivity index (χ1v) is 5.67. The molecule has 0 aliphatic heterocycles. The quantitative estimate of drug-likeness (QED) is 0.644. The summed E-state index contributed by atoms with van der Waals surface area (Å²) in [6.45, 7) is 0. The summed E-state index contributed by atoms with van der Waals surface area (Å²) in [4.78, 5) is 8.66. The van der Waals surface area contributed by atoms with Crippen molar-refractivity contribution in [1.29, 1.82) is 0 Å². The van der Waals surface area contributed by atoms with Crippen LogP contribution in [0.4, 0.5) is 0 Å². The highest BCUT2D eigenvalue weighted by Gasteiger charge is 2.02. The molecule has 2 nitrogen and oxygen atoms in total. The molecule has 0 spiro atoms. The van der Waals surface area contributed by atoms with Crippen LogP contribution in [-0.2, 0) is 0 Å². The number of aromatic nitrogens is 2. The molecule has 0 bridgehead atoms. The zero-order valence-electron chi connectivity index (χ0n) is 8.97. The highest BCUT2D eigenvalue weighted by molar-refractivity contribution is 6.30. The first kappa shape index (κ1) is 10.2. The van der Waals surface area contributed by atoms with E-state index >= 15 is 0 Å². The SMILES string of the molecule is Clc1cncc(-c2ccc3ccccc3n2)c1. The molecule has 82 valence electrons. The van der Waals surface area contributed by atoms with Crippen molar-refractivity contribution < 1.29 is 0 Å². The summed E-state index contributed by atoms with van der Waals surface area (Å²) < 4.78 is 0. The molecule has 0 N–H and O–H groups in total. The largest absolute Gasteiger partial charge is 0.262 e. The minimum absolute atomic E-state index is 0.623. The van der Waals surface area contributed by atoms with E-state index in [-0.39, 0.29) is 0 Å². The number of rotatable bonds is 1. The lowest BCUT2D eigenvalue weighted by Gasteiger charge is -2.03. The standard InChI is InChI=1S/C14H9ClN2/c15-12-7-11(8-16-9-12)14-6-5-10-3-1-2-4-13(10)17-14/h1-9H. The molecule has 1 aromatic carbocycles. The van der Waals surface area contributed by atoms with Crippen LogP contribution < -0.4 is 0 Å². The number of para-hydroxylation sites is 1. The van der Waals surface area contributed by atoms with Crippen LogP contribution in [0.1, 0.15) is 0 Å². The van der Waals surface area contributed by atoms with Gasteiger partial charge in [0.25, 0.3) is 0 Å². The van der Waals surface area contributed by atoms with Gasteiger partial charge in [-0.2, -0.15) is 0 Å². The Balaban J connectivity index is 2.18. The normalized spacial score (nSPS) is 10.6. The first-order chi connectivity index (χ1) is 8.33. The third kappa shape index (κ3) is 1.99. The summed E-state index contributed by atoms with van der Waals surface area (Å²) in [6.07, 6.45) is 3.38. The summed E-state index contributed by atoms with van der Waals surface area (Å²) >= 11 is 5.92. The number of hydrogen-bond donors (Lipinski definition) is 0. The monoisotopic (exact) mass is 240 g/mol. The number of hydrogen-bond acceptors (Lipinski definition) is 2. The highest BCUT2D eigenvalue weighted by Crippen LogP contribution is 2.22. The van der Waals surface area contributed by atoms with Gasteiger partial charge in [-0.05, 0) is 18.2 Å². The maximum Gasteiger partial charge on any atom is 0.0725 e. The van der Waals surface area contributed by atoms with Crippen LogP contribution in [0.3, 0.4) is 0 Å². The molecule has 0 radical (unpaired) electrons. The van der Waals surface area contributed by atoms with Gasteiger partial charge in [0.2, 0.25) is 0 Å². The topological polar surface area (TPSA) is 25.8 Å². The summed E-state index contributed by atoms with van der Waals surface area (Å²) in [5.41, 5.74) is 2.80. The zero-order valence-corrected chi connectivity index (χ0v) is 9.72. The molecule has 0 amide bonds. The van der Waals surface area contributed by atoms with Gasteiger partial charge < -0.3 is 0 Å². The average Bonchev–Trinajstić information content (AvgIpc) is 2.38. The molecule has 3 aromatic rings. The lowest BCUT2D eigenvalue weighted by Crippen LogP contribution is -1.86. The molecule has 17 heavy (non-hydrogen) atoms. The zero-order chi connectivity index (χ0) is 11.7.